The maximum atomic E-state index is 6.21. The Morgan fingerprint density at radius 3 is 1.78 bits per heavy atom. The maximum absolute atomic E-state index is 6.21. The highest BCUT2D eigenvalue weighted by atomic mass is 14.6. The summed E-state index contributed by atoms with van der Waals surface area (Å²) in [5.74, 6) is 2.99. The molecule has 1 nitrogen and oxygen atoms in total. The fourth-order valence-corrected chi connectivity index (χ4v) is 4.52. The molecule has 0 radical (unpaired) electrons. The molecule has 1 fully saturated rings. The number of rotatable bonds is 5. The topological polar surface area (TPSA) is 26.0 Å². The molecule has 1 aliphatic carbocycles. The van der Waals surface area contributed by atoms with Gasteiger partial charge in [-0.05, 0) is 43.4 Å². The van der Waals surface area contributed by atoms with Crippen molar-refractivity contribution < 1.29 is 0 Å². The number of hydrogen-bond acceptors (Lipinski definition) is 1. The lowest BCUT2D eigenvalue weighted by atomic mass is 9.73. The summed E-state index contributed by atoms with van der Waals surface area (Å²) in [7, 11) is 0. The van der Waals surface area contributed by atoms with Gasteiger partial charge in [-0.25, -0.2) is 0 Å². The van der Waals surface area contributed by atoms with Crippen LogP contribution in [0.5, 0.6) is 0 Å². The van der Waals surface area contributed by atoms with Gasteiger partial charge < -0.3 is 5.73 Å². The summed E-state index contributed by atoms with van der Waals surface area (Å²) >= 11 is 0. The molecule has 1 saturated carbocycles. The van der Waals surface area contributed by atoms with Crippen LogP contribution in [0.2, 0.25) is 0 Å². The summed E-state index contributed by atoms with van der Waals surface area (Å²) in [4.78, 5) is 0. The zero-order valence-corrected chi connectivity index (χ0v) is 16.2. The minimum absolute atomic E-state index is 0.241. The van der Waals surface area contributed by atoms with Crippen molar-refractivity contribution >= 4 is 0 Å². The van der Waals surface area contributed by atoms with Gasteiger partial charge in [-0.2, -0.15) is 0 Å². The second kappa shape index (κ2) is 12.1. The fraction of sp³-hybridized carbons (Fsp3) is 0.909. The zero-order valence-electron chi connectivity index (χ0n) is 16.2. The van der Waals surface area contributed by atoms with Crippen LogP contribution in [0.4, 0.5) is 0 Å². The lowest BCUT2D eigenvalue weighted by Gasteiger charge is -2.33. The minimum Gasteiger partial charge on any atom is -0.327 e. The molecule has 0 bridgehead atoms. The Morgan fingerprint density at radius 1 is 0.870 bits per heavy atom. The molecule has 1 heteroatoms. The maximum Gasteiger partial charge on any atom is 0.00733 e. The molecule has 0 spiro atoms. The molecule has 1 rings (SSSR count). The van der Waals surface area contributed by atoms with Crippen LogP contribution >= 0.6 is 0 Å². The van der Waals surface area contributed by atoms with Crippen molar-refractivity contribution in [2.75, 3.05) is 0 Å². The predicted octanol–water partition coefficient (Wildman–Crippen LogP) is 6.72. The van der Waals surface area contributed by atoms with Gasteiger partial charge in [0, 0.05) is 6.04 Å². The van der Waals surface area contributed by atoms with E-state index in [9.17, 15) is 0 Å². The minimum atomic E-state index is 0.241. The molecule has 4 atom stereocenters. The van der Waals surface area contributed by atoms with Crippen LogP contribution in [-0.2, 0) is 0 Å². The van der Waals surface area contributed by atoms with E-state index in [0.29, 0.717) is 5.92 Å². The Kier molecular flexibility index (Phi) is 10.9. The average Bonchev–Trinajstić information content (AvgIpc) is 2.53. The normalized spacial score (nSPS) is 28.2. The number of hydrogen-bond donors (Lipinski definition) is 1. The van der Waals surface area contributed by atoms with E-state index in [2.05, 4.69) is 33.4 Å². The van der Waals surface area contributed by atoms with Crippen LogP contribution in [0.25, 0.3) is 0 Å². The first-order valence-electron chi connectivity index (χ1n) is 10.4. The molecule has 0 heterocycles. The smallest absolute Gasteiger partial charge is 0.00733 e. The lowest BCUT2D eigenvalue weighted by molar-refractivity contribution is 0.184. The first-order chi connectivity index (χ1) is 11.1. The Hall–Kier alpha value is -0.300. The van der Waals surface area contributed by atoms with Gasteiger partial charge in [-0.15, -0.1) is 6.58 Å². The largest absolute Gasteiger partial charge is 0.327 e. The van der Waals surface area contributed by atoms with Crippen LogP contribution in [0.1, 0.15) is 97.8 Å². The van der Waals surface area contributed by atoms with Gasteiger partial charge in [0.05, 0.1) is 0 Å². The average molecular weight is 322 g/mol. The van der Waals surface area contributed by atoms with Gasteiger partial charge in [-0.1, -0.05) is 84.1 Å². The lowest BCUT2D eigenvalue weighted by Crippen LogP contribution is -2.30. The molecule has 0 aromatic carbocycles. The van der Waals surface area contributed by atoms with Crippen molar-refractivity contribution in [1.29, 1.82) is 0 Å². The highest BCUT2D eigenvalue weighted by Crippen LogP contribution is 2.36. The van der Waals surface area contributed by atoms with E-state index in [4.69, 9.17) is 5.73 Å². The van der Waals surface area contributed by atoms with E-state index < -0.39 is 0 Å². The molecule has 1 aliphatic rings. The third-order valence-electron chi connectivity index (χ3n) is 6.13. The van der Waals surface area contributed by atoms with Crippen LogP contribution in [0, 0.1) is 23.7 Å². The summed E-state index contributed by atoms with van der Waals surface area (Å²) in [5.41, 5.74) is 6.21. The van der Waals surface area contributed by atoms with Gasteiger partial charge >= 0.3 is 0 Å². The Labute approximate surface area is 146 Å². The van der Waals surface area contributed by atoms with Crippen molar-refractivity contribution in [3.05, 3.63) is 12.7 Å². The monoisotopic (exact) mass is 321 g/mol. The molecule has 136 valence electrons. The Balaban J connectivity index is 2.73. The quantitative estimate of drug-likeness (QED) is 0.559. The Morgan fingerprint density at radius 2 is 1.35 bits per heavy atom. The Bertz CT molecular complexity index is 294. The number of nitrogens with two attached hydrogens (primary N) is 1. The summed E-state index contributed by atoms with van der Waals surface area (Å²) in [6.45, 7) is 11.1. The molecule has 0 aromatic rings. The summed E-state index contributed by atoms with van der Waals surface area (Å²) in [5, 5.41) is 0. The van der Waals surface area contributed by atoms with E-state index in [1.807, 2.05) is 0 Å². The fourth-order valence-electron chi connectivity index (χ4n) is 4.52. The van der Waals surface area contributed by atoms with E-state index in [-0.39, 0.29) is 6.04 Å². The van der Waals surface area contributed by atoms with E-state index in [1.54, 1.807) is 0 Å². The van der Waals surface area contributed by atoms with Crippen molar-refractivity contribution in [2.24, 2.45) is 29.4 Å². The molecule has 0 saturated heterocycles. The predicted molar refractivity (Wildman–Crippen MR) is 105 cm³/mol. The van der Waals surface area contributed by atoms with Crippen molar-refractivity contribution in [2.45, 2.75) is 104 Å². The van der Waals surface area contributed by atoms with E-state index in [1.165, 1.54) is 77.0 Å². The summed E-state index contributed by atoms with van der Waals surface area (Å²) < 4.78 is 0. The van der Waals surface area contributed by atoms with Crippen molar-refractivity contribution in [3.63, 3.8) is 0 Å². The second-order valence-electron chi connectivity index (χ2n) is 8.42. The van der Waals surface area contributed by atoms with Crippen molar-refractivity contribution in [1.82, 2.24) is 0 Å². The van der Waals surface area contributed by atoms with E-state index in [0.717, 1.165) is 17.8 Å². The first kappa shape index (κ1) is 20.7. The standard InChI is InChI=1S/C22H43N/c1-5-20(19(4)23)17-21-15-13-11-9-7-6-8-10-12-14-16-22(21)18(2)3/h5,18-22H,1,6-17,23H2,2-4H3. The van der Waals surface area contributed by atoms with Gasteiger partial charge in [-0.3, -0.25) is 0 Å². The third kappa shape index (κ3) is 8.38. The second-order valence-corrected chi connectivity index (χ2v) is 8.42. The first-order valence-corrected chi connectivity index (χ1v) is 10.4. The van der Waals surface area contributed by atoms with Crippen LogP contribution < -0.4 is 5.73 Å². The molecule has 2 N–H and O–H groups in total. The molecule has 4 unspecified atom stereocenters. The summed E-state index contributed by atoms with van der Waals surface area (Å²) in [6.07, 6.45) is 19.2. The highest BCUT2D eigenvalue weighted by Gasteiger charge is 2.27. The SMILES string of the molecule is C=CC(CC1CCCCCCCCCCCC1C(C)C)C(C)N. The molecule has 0 aliphatic heterocycles. The highest BCUT2D eigenvalue weighted by molar-refractivity contribution is 4.88. The summed E-state index contributed by atoms with van der Waals surface area (Å²) in [6, 6.07) is 0.241. The molecule has 23 heavy (non-hydrogen) atoms. The molecule has 0 amide bonds. The van der Waals surface area contributed by atoms with Crippen LogP contribution in [0.3, 0.4) is 0 Å². The molecular formula is C22H43N. The zero-order chi connectivity index (χ0) is 17.1. The van der Waals surface area contributed by atoms with Crippen LogP contribution in [-0.4, -0.2) is 6.04 Å². The third-order valence-corrected chi connectivity index (χ3v) is 6.13. The van der Waals surface area contributed by atoms with E-state index >= 15 is 0 Å². The van der Waals surface area contributed by atoms with Gasteiger partial charge in [0.25, 0.3) is 0 Å². The van der Waals surface area contributed by atoms with Gasteiger partial charge in [0.2, 0.25) is 0 Å². The molecular weight excluding hydrogens is 278 g/mol. The van der Waals surface area contributed by atoms with Gasteiger partial charge in [0.1, 0.15) is 0 Å². The van der Waals surface area contributed by atoms with Crippen LogP contribution in [0.15, 0.2) is 12.7 Å². The van der Waals surface area contributed by atoms with Gasteiger partial charge in [0.15, 0.2) is 0 Å². The van der Waals surface area contributed by atoms with Crippen molar-refractivity contribution in [3.8, 4) is 0 Å². The molecule has 0 aromatic heterocycles.